The molecule has 0 aliphatic rings. The number of nitrogens with zero attached hydrogens (tertiary/aromatic N) is 1. The van der Waals surface area contributed by atoms with Crippen LogP contribution in [0, 0.1) is 6.92 Å². The lowest BCUT2D eigenvalue weighted by molar-refractivity contribution is 0.0914. The lowest BCUT2D eigenvalue weighted by atomic mass is 9.86. The van der Waals surface area contributed by atoms with Gasteiger partial charge in [-0.05, 0) is 55.3 Å². The number of likely N-dealkylation sites (N-methyl/N-ethyl adjacent to an activating group) is 1. The van der Waals surface area contributed by atoms with Crippen LogP contribution in [0.25, 0.3) is 11.0 Å². The maximum absolute atomic E-state index is 12.7. The number of rotatable bonds is 5. The zero-order valence-corrected chi connectivity index (χ0v) is 18.6. The van der Waals surface area contributed by atoms with Gasteiger partial charge >= 0.3 is 0 Å². The molecule has 3 aromatic rings. The Morgan fingerprint density at radius 3 is 2.33 bits per heavy atom. The number of hydrogen-bond acceptors (Lipinski definition) is 4. The molecule has 1 aromatic heterocycles. The first-order valence-corrected chi connectivity index (χ1v) is 10.2. The molecular formula is C25H30N2O3. The first kappa shape index (κ1) is 21.8. The minimum absolute atomic E-state index is 0.00242. The highest BCUT2D eigenvalue weighted by Crippen LogP contribution is 2.25. The number of carbonyl (C=O) groups is 1. The molecule has 1 N–H and O–H groups in total. The van der Waals surface area contributed by atoms with Crippen LogP contribution in [0.4, 0.5) is 0 Å². The van der Waals surface area contributed by atoms with E-state index in [0.717, 1.165) is 11.1 Å². The second-order valence-electron chi connectivity index (χ2n) is 9.04. The van der Waals surface area contributed by atoms with Crippen molar-refractivity contribution in [2.75, 3.05) is 20.6 Å². The van der Waals surface area contributed by atoms with Crippen molar-refractivity contribution in [3.8, 4) is 0 Å². The van der Waals surface area contributed by atoms with Crippen molar-refractivity contribution in [1.82, 2.24) is 10.2 Å². The summed E-state index contributed by atoms with van der Waals surface area (Å²) in [4.78, 5) is 27.1. The summed E-state index contributed by atoms with van der Waals surface area (Å²) in [5, 5.41) is 3.39. The molecule has 0 aliphatic carbocycles. The normalized spacial score (nSPS) is 12.9. The minimum Gasteiger partial charge on any atom is -0.451 e. The molecule has 0 fully saturated rings. The average molecular weight is 407 g/mol. The summed E-state index contributed by atoms with van der Waals surface area (Å²) in [7, 11) is 3.96. The van der Waals surface area contributed by atoms with Crippen LogP contribution in [0.2, 0.25) is 0 Å². The Morgan fingerprint density at radius 1 is 1.07 bits per heavy atom. The lowest BCUT2D eigenvalue weighted by Gasteiger charge is -2.26. The molecule has 1 unspecified atom stereocenters. The van der Waals surface area contributed by atoms with Gasteiger partial charge in [0.25, 0.3) is 5.91 Å². The van der Waals surface area contributed by atoms with E-state index in [-0.39, 0.29) is 22.6 Å². The Kier molecular flexibility index (Phi) is 6.13. The minimum atomic E-state index is -0.395. The zero-order chi connectivity index (χ0) is 22.1. The third kappa shape index (κ3) is 4.79. The van der Waals surface area contributed by atoms with Crippen LogP contribution in [0.3, 0.4) is 0 Å². The summed E-state index contributed by atoms with van der Waals surface area (Å²) in [5.74, 6) is -0.368. The Balaban J connectivity index is 1.79. The summed E-state index contributed by atoms with van der Waals surface area (Å²) < 4.78 is 5.71. The van der Waals surface area contributed by atoms with Gasteiger partial charge in [-0.1, -0.05) is 51.1 Å². The van der Waals surface area contributed by atoms with Gasteiger partial charge in [-0.25, -0.2) is 0 Å². The molecule has 30 heavy (non-hydrogen) atoms. The number of aryl methyl sites for hydroxylation is 1. The van der Waals surface area contributed by atoms with Gasteiger partial charge in [0.1, 0.15) is 5.58 Å². The van der Waals surface area contributed by atoms with Gasteiger partial charge in [-0.15, -0.1) is 0 Å². The maximum Gasteiger partial charge on any atom is 0.287 e. The molecule has 1 atom stereocenters. The molecule has 2 aromatic carbocycles. The van der Waals surface area contributed by atoms with Gasteiger partial charge in [0.05, 0.1) is 11.4 Å². The van der Waals surface area contributed by atoms with Crippen molar-refractivity contribution in [1.29, 1.82) is 0 Å². The average Bonchev–Trinajstić information content (AvgIpc) is 2.67. The molecule has 0 saturated heterocycles. The number of hydrogen-bond donors (Lipinski definition) is 1. The third-order valence-electron chi connectivity index (χ3n) is 5.35. The van der Waals surface area contributed by atoms with Crippen molar-refractivity contribution in [2.24, 2.45) is 0 Å². The quantitative estimate of drug-likeness (QED) is 0.681. The molecule has 0 bridgehead atoms. The number of carbonyl (C=O) groups excluding carboxylic acids is 1. The molecule has 158 valence electrons. The van der Waals surface area contributed by atoms with E-state index in [4.69, 9.17) is 4.42 Å². The Labute approximate surface area is 177 Å². The number of benzene rings is 2. The van der Waals surface area contributed by atoms with E-state index in [2.05, 4.69) is 55.3 Å². The van der Waals surface area contributed by atoms with Gasteiger partial charge < -0.3 is 14.6 Å². The van der Waals surface area contributed by atoms with Crippen LogP contribution >= 0.6 is 0 Å². The molecule has 3 rings (SSSR count). The Bertz CT molecular complexity index is 1110. The molecule has 0 saturated carbocycles. The van der Waals surface area contributed by atoms with E-state index in [9.17, 15) is 9.59 Å². The van der Waals surface area contributed by atoms with E-state index in [1.54, 1.807) is 12.1 Å². The summed E-state index contributed by atoms with van der Waals surface area (Å²) in [6, 6.07) is 15.1. The van der Waals surface area contributed by atoms with E-state index in [1.807, 2.05) is 27.1 Å². The monoisotopic (exact) mass is 406 g/mol. The van der Waals surface area contributed by atoms with Crippen molar-refractivity contribution >= 4 is 16.9 Å². The fraction of sp³-hybridized carbons (Fsp3) is 0.360. The van der Waals surface area contributed by atoms with E-state index in [1.165, 1.54) is 11.6 Å². The van der Waals surface area contributed by atoms with Gasteiger partial charge in [0, 0.05) is 12.6 Å². The zero-order valence-electron chi connectivity index (χ0n) is 18.6. The largest absolute Gasteiger partial charge is 0.451 e. The SMILES string of the molecule is Cc1ccc2c(=O)cc(C(=O)NCC(c3ccc(C(C)(C)C)cc3)N(C)C)oc2c1. The highest BCUT2D eigenvalue weighted by atomic mass is 16.3. The molecule has 1 heterocycles. The second-order valence-corrected chi connectivity index (χ2v) is 9.04. The van der Waals surface area contributed by atoms with Crippen molar-refractivity contribution in [3.63, 3.8) is 0 Å². The second kappa shape index (κ2) is 8.44. The lowest BCUT2D eigenvalue weighted by Crippen LogP contribution is -2.34. The van der Waals surface area contributed by atoms with Crippen LogP contribution in [0.1, 0.15) is 54.1 Å². The smallest absolute Gasteiger partial charge is 0.287 e. The van der Waals surface area contributed by atoms with E-state index < -0.39 is 5.91 Å². The molecule has 0 aliphatic heterocycles. The summed E-state index contributed by atoms with van der Waals surface area (Å²) in [6.45, 7) is 8.87. The summed E-state index contributed by atoms with van der Waals surface area (Å²) in [5.41, 5.74) is 3.64. The fourth-order valence-corrected chi connectivity index (χ4v) is 3.45. The molecule has 5 nitrogen and oxygen atoms in total. The maximum atomic E-state index is 12.7. The third-order valence-corrected chi connectivity index (χ3v) is 5.35. The van der Waals surface area contributed by atoms with Gasteiger partial charge in [0.2, 0.25) is 0 Å². The van der Waals surface area contributed by atoms with Crippen LogP contribution in [0.15, 0.2) is 57.7 Å². The van der Waals surface area contributed by atoms with Crippen LogP contribution in [-0.2, 0) is 5.41 Å². The standard InChI is InChI=1S/C25H30N2O3/c1-16-7-12-19-21(28)14-23(30-22(19)13-16)24(29)26-15-20(27(5)6)17-8-10-18(11-9-17)25(2,3)4/h7-14,20H,15H2,1-6H3,(H,26,29). The Morgan fingerprint density at radius 2 is 1.73 bits per heavy atom. The topological polar surface area (TPSA) is 62.6 Å². The van der Waals surface area contributed by atoms with Crippen LogP contribution in [-0.4, -0.2) is 31.4 Å². The van der Waals surface area contributed by atoms with Crippen molar-refractivity contribution in [2.45, 2.75) is 39.2 Å². The predicted molar refractivity (Wildman–Crippen MR) is 121 cm³/mol. The molecule has 0 spiro atoms. The fourth-order valence-electron chi connectivity index (χ4n) is 3.45. The highest BCUT2D eigenvalue weighted by molar-refractivity contribution is 5.93. The van der Waals surface area contributed by atoms with E-state index in [0.29, 0.717) is 17.5 Å². The molecule has 5 heteroatoms. The number of fused-ring (bicyclic) bond motifs is 1. The first-order chi connectivity index (χ1) is 14.1. The summed E-state index contributed by atoms with van der Waals surface area (Å²) in [6.07, 6.45) is 0. The summed E-state index contributed by atoms with van der Waals surface area (Å²) >= 11 is 0. The van der Waals surface area contributed by atoms with Gasteiger partial charge in [-0.2, -0.15) is 0 Å². The number of amides is 1. The Hall–Kier alpha value is -2.92. The molecular weight excluding hydrogens is 376 g/mol. The number of nitrogens with one attached hydrogen (secondary N) is 1. The van der Waals surface area contributed by atoms with Crippen molar-refractivity contribution < 1.29 is 9.21 Å². The first-order valence-electron chi connectivity index (χ1n) is 10.2. The predicted octanol–water partition coefficient (Wildman–Crippen LogP) is 4.43. The van der Waals surface area contributed by atoms with Gasteiger partial charge in [0.15, 0.2) is 11.2 Å². The highest BCUT2D eigenvalue weighted by Gasteiger charge is 2.19. The van der Waals surface area contributed by atoms with Crippen LogP contribution < -0.4 is 10.7 Å². The van der Waals surface area contributed by atoms with Gasteiger partial charge in [-0.3, -0.25) is 9.59 Å². The van der Waals surface area contributed by atoms with Crippen LogP contribution in [0.5, 0.6) is 0 Å². The molecule has 0 radical (unpaired) electrons. The van der Waals surface area contributed by atoms with E-state index >= 15 is 0 Å². The van der Waals surface area contributed by atoms with Crippen molar-refractivity contribution in [3.05, 3.63) is 81.2 Å². The molecule has 1 amide bonds.